The largest absolute Gasteiger partial charge is 0.480 e. The normalized spacial score (nSPS) is 13.1. The lowest BCUT2D eigenvalue weighted by Gasteiger charge is -2.17. The van der Waals surface area contributed by atoms with Crippen LogP contribution in [0.3, 0.4) is 0 Å². The number of carboxylic acid groups (broad SMARTS) is 1. The second kappa shape index (κ2) is 9.38. The number of benzene rings is 2. The zero-order valence-electron chi connectivity index (χ0n) is 19.2. The molecule has 2 N–H and O–H groups in total. The van der Waals surface area contributed by atoms with Gasteiger partial charge in [0.2, 0.25) is 9.84 Å². The summed E-state index contributed by atoms with van der Waals surface area (Å²) in [5, 5.41) is 12.2. The summed E-state index contributed by atoms with van der Waals surface area (Å²) >= 11 is 0. The molecule has 1 aliphatic heterocycles. The third-order valence-electron chi connectivity index (χ3n) is 6.12. The van der Waals surface area contributed by atoms with Crippen LogP contribution < -0.4 is 5.32 Å². The van der Waals surface area contributed by atoms with Gasteiger partial charge in [-0.2, -0.15) is 0 Å². The van der Waals surface area contributed by atoms with Crippen LogP contribution in [0.2, 0.25) is 0 Å². The van der Waals surface area contributed by atoms with E-state index in [1.165, 1.54) is 37.4 Å². The number of hydrogen-bond acceptors (Lipinski definition) is 6. The Balaban J connectivity index is 1.91. The Bertz CT molecular complexity index is 1440. The number of aliphatic carboxylic acids is 1. The van der Waals surface area contributed by atoms with Crippen LogP contribution >= 0.6 is 0 Å². The van der Waals surface area contributed by atoms with Gasteiger partial charge in [-0.25, -0.2) is 13.2 Å². The number of nitrogens with one attached hydrogen (secondary N) is 1. The first-order valence-electron chi connectivity index (χ1n) is 10.9. The van der Waals surface area contributed by atoms with Gasteiger partial charge in [0.15, 0.2) is 0 Å². The van der Waals surface area contributed by atoms with E-state index in [4.69, 9.17) is 4.74 Å². The maximum absolute atomic E-state index is 13.6. The third-order valence-corrected chi connectivity index (χ3v) is 7.98. The van der Waals surface area contributed by atoms with E-state index < -0.39 is 21.8 Å². The van der Waals surface area contributed by atoms with E-state index in [1.54, 1.807) is 29.7 Å². The Morgan fingerprint density at radius 2 is 1.86 bits per heavy atom. The highest BCUT2D eigenvalue weighted by Crippen LogP contribution is 2.32. The fourth-order valence-corrected chi connectivity index (χ4v) is 5.98. The number of carboxylic acids is 1. The minimum atomic E-state index is -4.02. The monoisotopic (exact) mass is 496 g/mol. The van der Waals surface area contributed by atoms with Crippen molar-refractivity contribution in [1.29, 1.82) is 0 Å². The quantitative estimate of drug-likeness (QED) is 0.480. The molecule has 2 heterocycles. The van der Waals surface area contributed by atoms with Crippen molar-refractivity contribution < 1.29 is 32.6 Å². The van der Waals surface area contributed by atoms with Gasteiger partial charge in [-0.15, -0.1) is 0 Å². The van der Waals surface area contributed by atoms with Crippen LogP contribution in [0.25, 0.3) is 0 Å². The van der Waals surface area contributed by atoms with Gasteiger partial charge < -0.3 is 19.7 Å². The van der Waals surface area contributed by atoms with Crippen molar-refractivity contribution in [2.45, 2.75) is 36.1 Å². The number of amides is 1. The Kier molecular flexibility index (Phi) is 6.49. The van der Waals surface area contributed by atoms with E-state index in [9.17, 15) is 27.9 Å². The number of esters is 1. The maximum Gasteiger partial charge on any atom is 0.337 e. The summed E-state index contributed by atoms with van der Waals surface area (Å²) in [6.45, 7) is 1.80. The van der Waals surface area contributed by atoms with E-state index in [1.807, 2.05) is 0 Å². The van der Waals surface area contributed by atoms with Crippen molar-refractivity contribution >= 4 is 27.7 Å². The molecule has 0 saturated heterocycles. The van der Waals surface area contributed by atoms with Crippen molar-refractivity contribution in [1.82, 2.24) is 9.88 Å². The van der Waals surface area contributed by atoms with Gasteiger partial charge in [0.1, 0.15) is 6.54 Å². The summed E-state index contributed by atoms with van der Waals surface area (Å²) in [5.74, 6) is -2.05. The minimum Gasteiger partial charge on any atom is -0.480 e. The predicted octanol–water partition coefficient (Wildman–Crippen LogP) is 2.38. The summed E-state index contributed by atoms with van der Waals surface area (Å²) in [7, 11) is -2.81. The smallest absolute Gasteiger partial charge is 0.337 e. The number of rotatable bonds is 7. The molecule has 0 radical (unpaired) electrons. The first-order chi connectivity index (χ1) is 16.6. The summed E-state index contributed by atoms with van der Waals surface area (Å²) in [6, 6.07) is 12.1. The maximum atomic E-state index is 13.6. The molecule has 0 saturated carbocycles. The Morgan fingerprint density at radius 1 is 1.14 bits per heavy atom. The fourth-order valence-electron chi connectivity index (χ4n) is 4.44. The molecule has 0 aliphatic carbocycles. The number of methoxy groups -OCH3 is 1. The number of sulfone groups is 1. The summed E-state index contributed by atoms with van der Waals surface area (Å²) < 4.78 is 33.5. The average molecular weight is 497 g/mol. The molecular weight excluding hydrogens is 472 g/mol. The average Bonchev–Trinajstić information content (AvgIpc) is 3.10. The Labute approximate surface area is 202 Å². The van der Waals surface area contributed by atoms with Crippen LogP contribution in [0, 0.1) is 6.92 Å². The summed E-state index contributed by atoms with van der Waals surface area (Å²) in [6.07, 6.45) is 0.517. The zero-order valence-corrected chi connectivity index (χ0v) is 20.0. The molecule has 182 valence electrons. The molecule has 35 heavy (non-hydrogen) atoms. The van der Waals surface area contributed by atoms with Gasteiger partial charge in [0, 0.05) is 30.8 Å². The first kappa shape index (κ1) is 24.2. The molecule has 0 fully saturated rings. The highest BCUT2D eigenvalue weighted by Gasteiger charge is 2.30. The highest BCUT2D eigenvalue weighted by atomic mass is 32.2. The SMILES string of the molecule is COC(=O)c1ccc(Cc2c3c(n(CC(=O)O)c2C)CCNC3=O)c(S(=O)(=O)c2ccccc2)c1. The molecule has 0 bridgehead atoms. The van der Waals surface area contributed by atoms with Crippen LogP contribution in [-0.2, 0) is 38.8 Å². The lowest BCUT2D eigenvalue weighted by molar-refractivity contribution is -0.137. The molecule has 3 aromatic rings. The van der Waals surface area contributed by atoms with Gasteiger partial charge in [0.25, 0.3) is 5.91 Å². The van der Waals surface area contributed by atoms with Crippen LogP contribution in [0.5, 0.6) is 0 Å². The van der Waals surface area contributed by atoms with Gasteiger partial charge in [-0.1, -0.05) is 24.3 Å². The van der Waals surface area contributed by atoms with Gasteiger partial charge in [0.05, 0.1) is 28.0 Å². The zero-order chi connectivity index (χ0) is 25.3. The molecular formula is C25H24N2O7S. The molecule has 1 amide bonds. The minimum absolute atomic E-state index is 0.0526. The van der Waals surface area contributed by atoms with Crippen LogP contribution in [-0.4, -0.2) is 49.6 Å². The number of carbonyl (C=O) groups is 3. The standard InChI is InChI=1S/C25H24N2O7S/c1-15-19(23-20(10-11-26-24(23)30)27(15)14-22(28)29)12-16-8-9-17(25(31)34-2)13-21(16)35(32,33)18-6-4-3-5-7-18/h3-9,13H,10-12,14H2,1-2H3,(H,26,30)(H,28,29). The lowest BCUT2D eigenvalue weighted by Crippen LogP contribution is -2.33. The van der Waals surface area contributed by atoms with Crippen LogP contribution in [0.15, 0.2) is 58.3 Å². The van der Waals surface area contributed by atoms with Crippen molar-refractivity contribution in [3.63, 3.8) is 0 Å². The van der Waals surface area contributed by atoms with Gasteiger partial charge in [-0.05, 0) is 42.3 Å². The molecule has 0 unspecified atom stereocenters. The Morgan fingerprint density at radius 3 is 2.51 bits per heavy atom. The van der Waals surface area contributed by atoms with E-state index in [0.29, 0.717) is 41.0 Å². The first-order valence-corrected chi connectivity index (χ1v) is 12.4. The van der Waals surface area contributed by atoms with E-state index in [2.05, 4.69) is 5.32 Å². The van der Waals surface area contributed by atoms with Crippen LogP contribution in [0.1, 0.15) is 43.2 Å². The number of nitrogens with zero attached hydrogens (tertiary/aromatic N) is 1. The highest BCUT2D eigenvalue weighted by molar-refractivity contribution is 7.91. The number of carbonyl (C=O) groups excluding carboxylic acids is 2. The number of ether oxygens (including phenoxy) is 1. The van der Waals surface area contributed by atoms with Crippen LogP contribution in [0.4, 0.5) is 0 Å². The number of fused-ring (bicyclic) bond motifs is 1. The van der Waals surface area contributed by atoms with Gasteiger partial charge in [-0.3, -0.25) is 9.59 Å². The molecule has 4 rings (SSSR count). The number of hydrogen-bond donors (Lipinski definition) is 2. The van der Waals surface area contributed by atoms with Crippen molar-refractivity contribution in [3.8, 4) is 0 Å². The predicted molar refractivity (Wildman–Crippen MR) is 125 cm³/mol. The second-order valence-corrected chi connectivity index (χ2v) is 10.1. The summed E-state index contributed by atoms with van der Waals surface area (Å²) in [4.78, 5) is 36.4. The molecule has 0 spiro atoms. The third kappa shape index (κ3) is 4.44. The lowest BCUT2D eigenvalue weighted by atomic mass is 9.97. The van der Waals surface area contributed by atoms with Crippen molar-refractivity contribution in [2.24, 2.45) is 0 Å². The summed E-state index contributed by atoms with van der Waals surface area (Å²) in [5.41, 5.74) is 2.56. The van der Waals surface area contributed by atoms with E-state index in [0.717, 1.165) is 0 Å². The molecule has 10 heteroatoms. The fraction of sp³-hybridized carbons (Fsp3) is 0.240. The topological polar surface area (TPSA) is 132 Å². The Hall–Kier alpha value is -3.92. The van der Waals surface area contributed by atoms with Crippen molar-refractivity contribution in [2.75, 3.05) is 13.7 Å². The molecule has 1 aliphatic rings. The molecule has 2 aromatic carbocycles. The molecule has 1 aromatic heterocycles. The molecule has 9 nitrogen and oxygen atoms in total. The second-order valence-electron chi connectivity index (χ2n) is 8.18. The van der Waals surface area contributed by atoms with Crippen molar-refractivity contribution in [3.05, 3.63) is 82.2 Å². The van der Waals surface area contributed by atoms with Gasteiger partial charge >= 0.3 is 11.9 Å². The molecule has 0 atom stereocenters. The van der Waals surface area contributed by atoms with E-state index in [-0.39, 0.29) is 34.2 Å². The number of aromatic nitrogens is 1. The van der Waals surface area contributed by atoms with E-state index >= 15 is 0 Å².